The van der Waals surface area contributed by atoms with E-state index in [4.69, 9.17) is 14.2 Å². The molecule has 0 aliphatic carbocycles. The smallest absolute Gasteiger partial charge is 0.204 e. The number of phenols is 1. The highest BCUT2D eigenvalue weighted by atomic mass is 35.5. The van der Waals surface area contributed by atoms with Crippen molar-refractivity contribution in [2.24, 2.45) is 0 Å². The maximum atomic E-state index is 9.40. The monoisotopic (exact) mass is 363 g/mol. The Morgan fingerprint density at radius 1 is 0.920 bits per heavy atom. The van der Waals surface area contributed by atoms with E-state index < -0.39 is 0 Å². The second-order valence-electron chi connectivity index (χ2n) is 4.93. The minimum atomic E-state index is 0. The molecule has 132 valence electrons. The molecule has 3 aromatic rings. The van der Waals surface area contributed by atoms with Crippen LogP contribution in [0.15, 0.2) is 36.7 Å². The number of aromatic nitrogens is 2. The minimum Gasteiger partial charge on any atom is -0.508 e. The molecule has 8 heteroatoms. The summed E-state index contributed by atoms with van der Waals surface area (Å²) in [4.78, 5) is 8.59. The van der Waals surface area contributed by atoms with E-state index in [0.717, 1.165) is 5.69 Å². The van der Waals surface area contributed by atoms with Gasteiger partial charge in [0.1, 0.15) is 17.9 Å². The molecule has 25 heavy (non-hydrogen) atoms. The first-order valence-corrected chi connectivity index (χ1v) is 7.17. The van der Waals surface area contributed by atoms with Gasteiger partial charge in [-0.05, 0) is 24.3 Å². The summed E-state index contributed by atoms with van der Waals surface area (Å²) in [7, 11) is 4.65. The lowest BCUT2D eigenvalue weighted by atomic mass is 10.1. The van der Waals surface area contributed by atoms with Gasteiger partial charge >= 0.3 is 0 Å². The van der Waals surface area contributed by atoms with E-state index in [1.807, 2.05) is 0 Å². The predicted molar refractivity (Wildman–Crippen MR) is 97.8 cm³/mol. The Kier molecular flexibility index (Phi) is 5.71. The Balaban J connectivity index is 0.00000225. The normalized spacial score (nSPS) is 10.0. The summed E-state index contributed by atoms with van der Waals surface area (Å²) in [5.41, 5.74) is 1.42. The second-order valence-corrected chi connectivity index (χ2v) is 4.93. The average molecular weight is 364 g/mol. The number of aromatic hydroxyl groups is 1. The fraction of sp³-hybridized carbons (Fsp3) is 0.176. The molecule has 0 fully saturated rings. The van der Waals surface area contributed by atoms with Gasteiger partial charge in [0.15, 0.2) is 11.5 Å². The Hall–Kier alpha value is -2.93. The standard InChI is InChI=1S/C17H17N3O4.ClH/c1-22-13-8-12-14(16(24-3)15(13)23-2)17(19-9-18-12)20-10-4-6-11(21)7-5-10;/h4-9,21H,1-3H3,(H,18,19,20);1H. The maximum absolute atomic E-state index is 9.40. The van der Waals surface area contributed by atoms with Gasteiger partial charge in [-0.25, -0.2) is 9.97 Å². The molecule has 0 aliphatic rings. The summed E-state index contributed by atoms with van der Waals surface area (Å²) in [6, 6.07) is 8.44. The van der Waals surface area contributed by atoms with Crippen molar-refractivity contribution in [1.82, 2.24) is 9.97 Å². The van der Waals surface area contributed by atoms with E-state index in [0.29, 0.717) is 34.0 Å². The summed E-state index contributed by atoms with van der Waals surface area (Å²) in [5.74, 6) is 2.22. The van der Waals surface area contributed by atoms with Gasteiger partial charge in [-0.2, -0.15) is 0 Å². The number of fused-ring (bicyclic) bond motifs is 1. The van der Waals surface area contributed by atoms with E-state index in [1.165, 1.54) is 6.33 Å². The van der Waals surface area contributed by atoms with E-state index in [2.05, 4.69) is 15.3 Å². The van der Waals surface area contributed by atoms with Crippen LogP contribution in [0.2, 0.25) is 0 Å². The van der Waals surface area contributed by atoms with E-state index in [9.17, 15) is 5.11 Å². The van der Waals surface area contributed by atoms with Crippen LogP contribution in [0, 0.1) is 0 Å². The topological polar surface area (TPSA) is 85.7 Å². The molecule has 0 unspecified atom stereocenters. The Morgan fingerprint density at radius 2 is 1.60 bits per heavy atom. The molecule has 0 atom stereocenters. The highest BCUT2D eigenvalue weighted by Crippen LogP contribution is 2.45. The van der Waals surface area contributed by atoms with Gasteiger partial charge < -0.3 is 24.6 Å². The van der Waals surface area contributed by atoms with Crippen molar-refractivity contribution in [2.45, 2.75) is 0 Å². The molecule has 0 saturated heterocycles. The zero-order valence-electron chi connectivity index (χ0n) is 13.9. The molecule has 0 aliphatic heterocycles. The third kappa shape index (κ3) is 3.46. The number of rotatable bonds is 5. The molecule has 0 saturated carbocycles. The fourth-order valence-electron chi connectivity index (χ4n) is 2.46. The summed E-state index contributed by atoms with van der Waals surface area (Å²) in [5, 5.41) is 13.3. The van der Waals surface area contributed by atoms with E-state index in [-0.39, 0.29) is 18.2 Å². The number of anilines is 2. The summed E-state index contributed by atoms with van der Waals surface area (Å²) in [6.07, 6.45) is 1.45. The van der Waals surface area contributed by atoms with Crippen LogP contribution < -0.4 is 19.5 Å². The molecule has 1 aromatic heterocycles. The quantitative estimate of drug-likeness (QED) is 0.670. The lowest BCUT2D eigenvalue weighted by Crippen LogP contribution is -2.01. The van der Waals surface area contributed by atoms with Gasteiger partial charge in [-0.15, -0.1) is 12.4 Å². The number of phenolic OH excluding ortho intramolecular Hbond substituents is 1. The zero-order chi connectivity index (χ0) is 17.1. The lowest BCUT2D eigenvalue weighted by Gasteiger charge is -2.16. The molecule has 7 nitrogen and oxygen atoms in total. The van der Waals surface area contributed by atoms with Gasteiger partial charge in [0, 0.05) is 11.8 Å². The lowest BCUT2D eigenvalue weighted by molar-refractivity contribution is 0.327. The van der Waals surface area contributed by atoms with Gasteiger partial charge in [0.25, 0.3) is 0 Å². The Bertz CT molecular complexity index is 872. The van der Waals surface area contributed by atoms with Crippen molar-refractivity contribution in [3.05, 3.63) is 36.7 Å². The SMILES string of the molecule is COc1cc2ncnc(Nc3ccc(O)cc3)c2c(OC)c1OC.Cl. The first kappa shape index (κ1) is 18.4. The van der Waals surface area contributed by atoms with Crippen molar-refractivity contribution < 1.29 is 19.3 Å². The second kappa shape index (κ2) is 7.76. The van der Waals surface area contributed by atoms with Crippen molar-refractivity contribution in [3.63, 3.8) is 0 Å². The van der Waals surface area contributed by atoms with Crippen LogP contribution in [0.5, 0.6) is 23.0 Å². The number of hydrogen-bond acceptors (Lipinski definition) is 7. The highest BCUT2D eigenvalue weighted by molar-refractivity contribution is 5.99. The zero-order valence-corrected chi connectivity index (χ0v) is 14.8. The summed E-state index contributed by atoms with van der Waals surface area (Å²) >= 11 is 0. The first-order chi connectivity index (χ1) is 11.7. The van der Waals surface area contributed by atoms with Gasteiger partial charge in [-0.3, -0.25) is 0 Å². The number of ether oxygens (including phenoxy) is 3. The van der Waals surface area contributed by atoms with Crippen LogP contribution in [0.3, 0.4) is 0 Å². The van der Waals surface area contributed by atoms with Crippen LogP contribution in [0.25, 0.3) is 10.9 Å². The van der Waals surface area contributed by atoms with Crippen LogP contribution in [-0.4, -0.2) is 36.4 Å². The third-order valence-electron chi connectivity index (χ3n) is 3.56. The molecule has 2 aromatic carbocycles. The number of nitrogens with one attached hydrogen (secondary N) is 1. The number of hydrogen-bond donors (Lipinski definition) is 2. The highest BCUT2D eigenvalue weighted by Gasteiger charge is 2.20. The molecule has 0 spiro atoms. The van der Waals surface area contributed by atoms with E-state index in [1.54, 1.807) is 51.7 Å². The van der Waals surface area contributed by atoms with Gasteiger partial charge in [0.2, 0.25) is 5.75 Å². The molecular weight excluding hydrogens is 346 g/mol. The largest absolute Gasteiger partial charge is 0.508 e. The van der Waals surface area contributed by atoms with Crippen LogP contribution in [0.1, 0.15) is 0 Å². The van der Waals surface area contributed by atoms with E-state index >= 15 is 0 Å². The molecular formula is C17H18ClN3O4. The first-order valence-electron chi connectivity index (χ1n) is 7.17. The Morgan fingerprint density at radius 3 is 2.20 bits per heavy atom. The molecule has 1 heterocycles. The van der Waals surface area contributed by atoms with Gasteiger partial charge in [-0.1, -0.05) is 0 Å². The van der Waals surface area contributed by atoms with Crippen molar-refractivity contribution >= 4 is 34.8 Å². The van der Waals surface area contributed by atoms with Crippen molar-refractivity contribution in [3.8, 4) is 23.0 Å². The van der Waals surface area contributed by atoms with Crippen LogP contribution in [0.4, 0.5) is 11.5 Å². The predicted octanol–water partition coefficient (Wildman–Crippen LogP) is 3.53. The van der Waals surface area contributed by atoms with Crippen molar-refractivity contribution in [2.75, 3.05) is 26.6 Å². The molecule has 0 amide bonds. The Labute approximate surface area is 151 Å². The van der Waals surface area contributed by atoms with Gasteiger partial charge in [0.05, 0.1) is 32.2 Å². The molecule has 0 bridgehead atoms. The molecule has 3 rings (SSSR count). The molecule has 0 radical (unpaired) electrons. The number of benzene rings is 2. The number of methoxy groups -OCH3 is 3. The van der Waals surface area contributed by atoms with Crippen LogP contribution >= 0.6 is 12.4 Å². The third-order valence-corrected chi connectivity index (χ3v) is 3.56. The fourth-order valence-corrected chi connectivity index (χ4v) is 2.46. The summed E-state index contributed by atoms with van der Waals surface area (Å²) in [6.45, 7) is 0. The van der Waals surface area contributed by atoms with Crippen molar-refractivity contribution in [1.29, 1.82) is 0 Å². The number of halogens is 1. The van der Waals surface area contributed by atoms with Crippen LogP contribution in [-0.2, 0) is 0 Å². The molecule has 2 N–H and O–H groups in total. The number of nitrogens with zero attached hydrogens (tertiary/aromatic N) is 2. The maximum Gasteiger partial charge on any atom is 0.204 e. The summed E-state index contributed by atoms with van der Waals surface area (Å²) < 4.78 is 16.3. The minimum absolute atomic E-state index is 0. The average Bonchev–Trinajstić information content (AvgIpc) is 2.62.